The fourth-order valence-electron chi connectivity index (χ4n) is 1.71. The van der Waals surface area contributed by atoms with Gasteiger partial charge in [-0.2, -0.15) is 0 Å². The number of methoxy groups -OCH3 is 1. The van der Waals surface area contributed by atoms with Crippen LogP contribution >= 0.6 is 0 Å². The van der Waals surface area contributed by atoms with Crippen LogP contribution in [0.25, 0.3) is 0 Å². The van der Waals surface area contributed by atoms with E-state index in [9.17, 15) is 8.60 Å². The molecule has 0 aliphatic heterocycles. The first-order valence-electron chi connectivity index (χ1n) is 6.09. The molecule has 0 aliphatic rings. The molecule has 1 aromatic carbocycles. The number of nitrogens with zero attached hydrogens (tertiary/aromatic N) is 1. The summed E-state index contributed by atoms with van der Waals surface area (Å²) in [6, 6.07) is 4.38. The van der Waals surface area contributed by atoms with Crippen molar-refractivity contribution in [3.8, 4) is 0 Å². The number of H-pyrrole nitrogens is 1. The Bertz CT molecular complexity index is 575. The van der Waals surface area contributed by atoms with Crippen molar-refractivity contribution in [1.82, 2.24) is 9.97 Å². The largest absolute Gasteiger partial charge is 0.383 e. The van der Waals surface area contributed by atoms with Crippen LogP contribution in [0.15, 0.2) is 35.7 Å². The van der Waals surface area contributed by atoms with E-state index >= 15 is 0 Å². The number of imidazole rings is 1. The van der Waals surface area contributed by atoms with Crippen LogP contribution in [0.3, 0.4) is 0 Å². The second kappa shape index (κ2) is 7.16. The van der Waals surface area contributed by atoms with E-state index in [4.69, 9.17) is 4.74 Å². The Balaban J connectivity index is 2.11. The van der Waals surface area contributed by atoms with Gasteiger partial charge in [0.25, 0.3) is 0 Å². The maximum atomic E-state index is 13.3. The molecule has 2 rings (SSSR count). The summed E-state index contributed by atoms with van der Waals surface area (Å²) in [5.74, 6) is -0.0687. The van der Waals surface area contributed by atoms with E-state index < -0.39 is 10.8 Å². The highest BCUT2D eigenvalue weighted by Crippen LogP contribution is 2.20. The van der Waals surface area contributed by atoms with Gasteiger partial charge in [-0.05, 0) is 17.7 Å². The molecule has 1 unspecified atom stereocenters. The van der Waals surface area contributed by atoms with Crippen molar-refractivity contribution in [2.24, 2.45) is 0 Å². The van der Waals surface area contributed by atoms with Crippen molar-refractivity contribution < 1.29 is 13.3 Å². The van der Waals surface area contributed by atoms with Gasteiger partial charge in [0.05, 0.1) is 23.2 Å². The second-order valence-corrected chi connectivity index (χ2v) is 5.47. The Labute approximate surface area is 119 Å². The van der Waals surface area contributed by atoms with Crippen LogP contribution in [0.5, 0.6) is 0 Å². The molecule has 0 radical (unpaired) electrons. The summed E-state index contributed by atoms with van der Waals surface area (Å²) < 4.78 is 30.4. The monoisotopic (exact) mass is 297 g/mol. The zero-order valence-electron chi connectivity index (χ0n) is 11.1. The van der Waals surface area contributed by atoms with E-state index in [1.165, 1.54) is 12.1 Å². The van der Waals surface area contributed by atoms with Crippen LogP contribution < -0.4 is 5.32 Å². The standard InChI is InChI=1S/C13H16FN3O2S/c1-19-7-6-15-12-8-11(14)3-2-10(12)9-20(18)13-16-4-5-17-13/h2-5,8,15H,6-7,9H2,1H3,(H,16,17). The number of anilines is 1. The number of ether oxygens (including phenoxy) is 1. The fraction of sp³-hybridized carbons (Fsp3) is 0.308. The normalized spacial score (nSPS) is 12.3. The van der Waals surface area contributed by atoms with Gasteiger partial charge >= 0.3 is 0 Å². The van der Waals surface area contributed by atoms with Crippen LogP contribution in [0, 0.1) is 5.82 Å². The lowest BCUT2D eigenvalue weighted by molar-refractivity contribution is 0.211. The molecule has 0 amide bonds. The minimum Gasteiger partial charge on any atom is -0.383 e. The van der Waals surface area contributed by atoms with Gasteiger partial charge in [-0.25, -0.2) is 9.37 Å². The smallest absolute Gasteiger partial charge is 0.196 e. The summed E-state index contributed by atoms with van der Waals surface area (Å²) in [6.07, 6.45) is 3.17. The lowest BCUT2D eigenvalue weighted by atomic mass is 10.2. The average Bonchev–Trinajstić information content (AvgIpc) is 2.96. The third-order valence-corrected chi connectivity index (χ3v) is 3.90. The van der Waals surface area contributed by atoms with Crippen LogP contribution in [0.1, 0.15) is 5.56 Å². The van der Waals surface area contributed by atoms with Gasteiger partial charge in [0.1, 0.15) is 5.82 Å². The number of aromatic nitrogens is 2. The molecule has 0 saturated carbocycles. The quantitative estimate of drug-likeness (QED) is 0.766. The topological polar surface area (TPSA) is 67.0 Å². The van der Waals surface area contributed by atoms with Crippen molar-refractivity contribution in [3.05, 3.63) is 42.0 Å². The second-order valence-electron chi connectivity index (χ2n) is 4.11. The minimum atomic E-state index is -1.29. The predicted octanol–water partition coefficient (Wildman–Crippen LogP) is 1.91. The molecule has 1 atom stereocenters. The molecule has 2 aromatic rings. The van der Waals surface area contributed by atoms with Crippen molar-refractivity contribution >= 4 is 16.5 Å². The SMILES string of the molecule is COCCNc1cc(F)ccc1CS(=O)c1ncc[nH]1. The first-order valence-corrected chi connectivity index (χ1v) is 7.41. The van der Waals surface area contributed by atoms with E-state index in [1.807, 2.05) is 0 Å². The molecule has 0 aliphatic carbocycles. The van der Waals surface area contributed by atoms with Gasteiger partial charge < -0.3 is 15.0 Å². The Hall–Kier alpha value is -1.73. The minimum absolute atomic E-state index is 0.267. The van der Waals surface area contributed by atoms with Crippen molar-refractivity contribution in [3.63, 3.8) is 0 Å². The summed E-state index contributed by atoms with van der Waals surface area (Å²) in [5.41, 5.74) is 1.40. The van der Waals surface area contributed by atoms with E-state index in [2.05, 4.69) is 15.3 Å². The number of hydrogen-bond donors (Lipinski definition) is 2. The fourth-order valence-corrected chi connectivity index (χ4v) is 2.76. The average molecular weight is 297 g/mol. The molecule has 1 aromatic heterocycles. The van der Waals surface area contributed by atoms with Gasteiger partial charge in [-0.15, -0.1) is 0 Å². The van der Waals surface area contributed by atoms with E-state index in [0.29, 0.717) is 24.0 Å². The Kier molecular flexibility index (Phi) is 5.25. The zero-order valence-corrected chi connectivity index (χ0v) is 11.9. The number of hydrogen-bond acceptors (Lipinski definition) is 4. The van der Waals surface area contributed by atoms with E-state index in [1.54, 1.807) is 25.6 Å². The van der Waals surface area contributed by atoms with Crippen LogP contribution in [0.2, 0.25) is 0 Å². The molecule has 108 valence electrons. The van der Waals surface area contributed by atoms with Crippen LogP contribution in [0.4, 0.5) is 10.1 Å². The molecular weight excluding hydrogens is 281 g/mol. The maximum absolute atomic E-state index is 13.3. The summed E-state index contributed by atoms with van der Waals surface area (Å²) in [7, 11) is 0.309. The third kappa shape index (κ3) is 3.88. The van der Waals surface area contributed by atoms with Crippen molar-refractivity contribution in [2.45, 2.75) is 10.9 Å². The van der Waals surface area contributed by atoms with Gasteiger partial charge in [-0.3, -0.25) is 4.21 Å². The summed E-state index contributed by atoms with van der Waals surface area (Å²) >= 11 is 0. The number of aromatic amines is 1. The van der Waals surface area contributed by atoms with Crippen LogP contribution in [-0.2, 0) is 21.3 Å². The summed E-state index contributed by atoms with van der Waals surface area (Å²) in [6.45, 7) is 1.07. The Morgan fingerprint density at radius 2 is 2.35 bits per heavy atom. The molecule has 1 heterocycles. The number of rotatable bonds is 7. The summed E-state index contributed by atoms with van der Waals surface area (Å²) in [4.78, 5) is 6.78. The molecule has 5 nitrogen and oxygen atoms in total. The molecule has 20 heavy (non-hydrogen) atoms. The molecule has 0 saturated heterocycles. The molecule has 0 bridgehead atoms. The Morgan fingerprint density at radius 1 is 1.50 bits per heavy atom. The van der Waals surface area contributed by atoms with Crippen molar-refractivity contribution in [2.75, 3.05) is 25.6 Å². The maximum Gasteiger partial charge on any atom is 0.196 e. The number of benzene rings is 1. The molecule has 7 heteroatoms. The van der Waals surface area contributed by atoms with Gasteiger partial charge in [0.15, 0.2) is 5.16 Å². The highest BCUT2D eigenvalue weighted by molar-refractivity contribution is 7.84. The lowest BCUT2D eigenvalue weighted by Gasteiger charge is -2.11. The van der Waals surface area contributed by atoms with E-state index in [-0.39, 0.29) is 11.6 Å². The third-order valence-electron chi connectivity index (χ3n) is 2.67. The highest BCUT2D eigenvalue weighted by Gasteiger charge is 2.11. The van der Waals surface area contributed by atoms with Crippen LogP contribution in [-0.4, -0.2) is 34.4 Å². The summed E-state index contributed by atoms with van der Waals surface area (Å²) in [5, 5.41) is 3.49. The molecule has 2 N–H and O–H groups in total. The number of nitrogens with one attached hydrogen (secondary N) is 2. The van der Waals surface area contributed by atoms with Gasteiger partial charge in [-0.1, -0.05) is 6.07 Å². The lowest BCUT2D eigenvalue weighted by Crippen LogP contribution is -2.10. The molecular formula is C13H16FN3O2S. The molecule has 0 spiro atoms. The van der Waals surface area contributed by atoms with Crippen molar-refractivity contribution in [1.29, 1.82) is 0 Å². The highest BCUT2D eigenvalue weighted by atomic mass is 32.2. The van der Waals surface area contributed by atoms with E-state index in [0.717, 1.165) is 5.56 Å². The number of halogens is 1. The predicted molar refractivity (Wildman–Crippen MR) is 75.5 cm³/mol. The van der Waals surface area contributed by atoms with Gasteiger partial charge in [0, 0.05) is 31.7 Å². The first kappa shape index (κ1) is 14.7. The Morgan fingerprint density at radius 3 is 3.05 bits per heavy atom. The zero-order chi connectivity index (χ0) is 14.4. The van der Waals surface area contributed by atoms with Gasteiger partial charge in [0.2, 0.25) is 0 Å². The molecule has 0 fully saturated rings. The first-order chi connectivity index (χ1) is 9.70.